The highest BCUT2D eigenvalue weighted by Gasteiger charge is 2.15. The Morgan fingerprint density at radius 1 is 1.14 bits per heavy atom. The normalized spacial score (nSPS) is 11.4. The van der Waals surface area contributed by atoms with Crippen LogP contribution in [0.3, 0.4) is 0 Å². The van der Waals surface area contributed by atoms with Crippen LogP contribution in [-0.4, -0.2) is 29.2 Å². The number of ether oxygens (including phenoxy) is 2. The van der Waals surface area contributed by atoms with Gasteiger partial charge in [-0.05, 0) is 52.2 Å². The third-order valence-electron chi connectivity index (χ3n) is 2.93. The minimum absolute atomic E-state index is 0.294. The third-order valence-corrected chi connectivity index (χ3v) is 6.51. The number of hydrogen-bond acceptors (Lipinski definition) is 5. The topological polar surface area (TPSA) is 64.6 Å². The van der Waals surface area contributed by atoms with Crippen LogP contribution in [0.25, 0.3) is 0 Å². The first-order chi connectivity index (χ1) is 10.4. The maximum Gasteiger partial charge on any atom is 0.250 e. The van der Waals surface area contributed by atoms with Gasteiger partial charge in [-0.15, -0.1) is 11.3 Å². The number of nitrogens with one attached hydrogen (secondary N) is 1. The molecular weight excluding hydrogens is 390 g/mol. The molecule has 0 spiro atoms. The van der Waals surface area contributed by atoms with Crippen LogP contribution in [0.2, 0.25) is 0 Å². The maximum atomic E-state index is 12.1. The van der Waals surface area contributed by atoms with E-state index in [2.05, 4.69) is 20.7 Å². The first-order valence-corrected chi connectivity index (χ1v) is 9.51. The molecule has 0 radical (unpaired) electrons. The van der Waals surface area contributed by atoms with Crippen LogP contribution >= 0.6 is 27.3 Å². The van der Waals surface area contributed by atoms with Gasteiger partial charge in [0.2, 0.25) is 10.0 Å². The standard InChI is InChI=1S/C14H16BrNO4S2/c1-19-11-7-10(8-12(9-11)20-2)5-6-16-22(17,18)14-4-3-13(15)21-14/h3-4,7-9,16H,5-6H2,1-2H3. The van der Waals surface area contributed by atoms with Gasteiger partial charge in [0.25, 0.3) is 0 Å². The number of benzene rings is 1. The summed E-state index contributed by atoms with van der Waals surface area (Å²) in [5.74, 6) is 1.36. The molecular formula is C14H16BrNO4S2. The van der Waals surface area contributed by atoms with Crippen molar-refractivity contribution in [2.75, 3.05) is 20.8 Å². The summed E-state index contributed by atoms with van der Waals surface area (Å²) in [6, 6.07) is 8.78. The second kappa shape index (κ2) is 7.45. The van der Waals surface area contributed by atoms with Crippen LogP contribution in [0.5, 0.6) is 11.5 Å². The van der Waals surface area contributed by atoms with Crippen molar-refractivity contribution in [1.29, 1.82) is 0 Å². The van der Waals surface area contributed by atoms with Gasteiger partial charge < -0.3 is 9.47 Å². The van der Waals surface area contributed by atoms with E-state index in [0.29, 0.717) is 28.7 Å². The minimum Gasteiger partial charge on any atom is -0.497 e. The van der Waals surface area contributed by atoms with Crippen LogP contribution in [0, 0.1) is 0 Å². The Balaban J connectivity index is 2.01. The smallest absolute Gasteiger partial charge is 0.250 e. The molecule has 0 amide bonds. The molecule has 0 unspecified atom stereocenters. The van der Waals surface area contributed by atoms with Crippen molar-refractivity contribution in [1.82, 2.24) is 4.72 Å². The third kappa shape index (κ3) is 4.45. The lowest BCUT2D eigenvalue weighted by atomic mass is 10.1. The average Bonchev–Trinajstić information content (AvgIpc) is 2.94. The largest absolute Gasteiger partial charge is 0.497 e. The SMILES string of the molecule is COc1cc(CCNS(=O)(=O)c2ccc(Br)s2)cc(OC)c1. The molecule has 120 valence electrons. The van der Waals surface area contributed by atoms with E-state index in [-0.39, 0.29) is 0 Å². The Labute approximate surface area is 142 Å². The minimum atomic E-state index is -3.46. The van der Waals surface area contributed by atoms with Gasteiger partial charge in [-0.25, -0.2) is 13.1 Å². The van der Waals surface area contributed by atoms with E-state index in [1.54, 1.807) is 32.4 Å². The first-order valence-electron chi connectivity index (χ1n) is 6.41. The van der Waals surface area contributed by atoms with Crippen LogP contribution in [0.15, 0.2) is 38.3 Å². The van der Waals surface area contributed by atoms with E-state index < -0.39 is 10.0 Å². The fourth-order valence-electron chi connectivity index (χ4n) is 1.85. The summed E-state index contributed by atoms with van der Waals surface area (Å²) in [5.41, 5.74) is 0.936. The Morgan fingerprint density at radius 3 is 2.27 bits per heavy atom. The Morgan fingerprint density at radius 2 is 1.77 bits per heavy atom. The van der Waals surface area contributed by atoms with Crippen molar-refractivity contribution in [3.05, 3.63) is 39.7 Å². The number of methoxy groups -OCH3 is 2. The molecule has 1 heterocycles. The van der Waals surface area contributed by atoms with Gasteiger partial charge in [0.1, 0.15) is 15.7 Å². The summed E-state index contributed by atoms with van der Waals surface area (Å²) in [4.78, 5) is 0. The van der Waals surface area contributed by atoms with E-state index in [9.17, 15) is 8.42 Å². The Bertz CT molecular complexity index is 721. The molecule has 0 bridgehead atoms. The van der Waals surface area contributed by atoms with Gasteiger partial charge in [-0.1, -0.05) is 0 Å². The van der Waals surface area contributed by atoms with Crippen LogP contribution in [-0.2, 0) is 16.4 Å². The molecule has 0 atom stereocenters. The van der Waals surface area contributed by atoms with Crippen molar-refractivity contribution in [2.45, 2.75) is 10.6 Å². The lowest BCUT2D eigenvalue weighted by molar-refractivity contribution is 0.393. The molecule has 0 aliphatic heterocycles. The number of sulfonamides is 1. The molecule has 0 aliphatic rings. The number of hydrogen-bond donors (Lipinski definition) is 1. The zero-order valence-electron chi connectivity index (χ0n) is 12.1. The lowest BCUT2D eigenvalue weighted by Crippen LogP contribution is -2.25. The van der Waals surface area contributed by atoms with Gasteiger partial charge in [0.05, 0.1) is 18.0 Å². The van der Waals surface area contributed by atoms with E-state index in [1.165, 1.54) is 11.3 Å². The predicted octanol–water partition coefficient (Wildman–Crippen LogP) is 3.05. The molecule has 0 aliphatic carbocycles. The Hall–Kier alpha value is -1.09. The quantitative estimate of drug-likeness (QED) is 0.768. The number of halogens is 1. The summed E-state index contributed by atoms with van der Waals surface area (Å²) in [6.07, 6.45) is 0.541. The molecule has 1 aromatic carbocycles. The molecule has 5 nitrogen and oxygen atoms in total. The van der Waals surface area contributed by atoms with Crippen LogP contribution < -0.4 is 14.2 Å². The highest BCUT2D eigenvalue weighted by Crippen LogP contribution is 2.26. The first kappa shape index (κ1) is 17.3. The molecule has 1 N–H and O–H groups in total. The van der Waals surface area contributed by atoms with Gasteiger partial charge in [-0.3, -0.25) is 0 Å². The highest BCUT2D eigenvalue weighted by molar-refractivity contribution is 9.11. The monoisotopic (exact) mass is 405 g/mol. The predicted molar refractivity (Wildman–Crippen MR) is 90.5 cm³/mol. The summed E-state index contributed by atoms with van der Waals surface area (Å²) >= 11 is 4.44. The zero-order valence-corrected chi connectivity index (χ0v) is 15.3. The van der Waals surface area contributed by atoms with Crippen molar-refractivity contribution >= 4 is 37.3 Å². The van der Waals surface area contributed by atoms with Crippen LogP contribution in [0.4, 0.5) is 0 Å². The Kier molecular flexibility index (Phi) is 5.85. The fraction of sp³-hybridized carbons (Fsp3) is 0.286. The van der Waals surface area contributed by atoms with Crippen molar-refractivity contribution in [3.8, 4) is 11.5 Å². The zero-order chi connectivity index (χ0) is 16.2. The molecule has 0 fully saturated rings. The molecule has 0 saturated heterocycles. The molecule has 0 saturated carbocycles. The van der Waals surface area contributed by atoms with E-state index in [1.807, 2.05) is 12.1 Å². The van der Waals surface area contributed by atoms with Crippen molar-refractivity contribution < 1.29 is 17.9 Å². The number of rotatable bonds is 7. The summed E-state index contributed by atoms with van der Waals surface area (Å²) in [5, 5.41) is 0. The van der Waals surface area contributed by atoms with Crippen molar-refractivity contribution in [3.63, 3.8) is 0 Å². The second-order valence-electron chi connectivity index (χ2n) is 4.43. The molecule has 22 heavy (non-hydrogen) atoms. The van der Waals surface area contributed by atoms with Crippen molar-refractivity contribution in [2.24, 2.45) is 0 Å². The van der Waals surface area contributed by atoms with E-state index in [0.717, 1.165) is 9.35 Å². The molecule has 1 aromatic heterocycles. The fourth-order valence-corrected chi connectivity index (χ4v) is 4.94. The molecule has 2 rings (SSSR count). The second-order valence-corrected chi connectivity index (χ2v) is 8.88. The van der Waals surface area contributed by atoms with Gasteiger partial charge in [0.15, 0.2) is 0 Å². The van der Waals surface area contributed by atoms with Crippen LogP contribution in [0.1, 0.15) is 5.56 Å². The molecule has 8 heteroatoms. The van der Waals surface area contributed by atoms with Gasteiger partial charge in [0, 0.05) is 12.6 Å². The van der Waals surface area contributed by atoms with Gasteiger partial charge in [-0.2, -0.15) is 0 Å². The molecule has 2 aromatic rings. The highest BCUT2D eigenvalue weighted by atomic mass is 79.9. The van der Waals surface area contributed by atoms with E-state index in [4.69, 9.17) is 9.47 Å². The average molecular weight is 406 g/mol. The maximum absolute atomic E-state index is 12.1. The number of thiophene rings is 1. The lowest BCUT2D eigenvalue weighted by Gasteiger charge is -2.09. The summed E-state index contributed by atoms with van der Waals surface area (Å²) in [7, 11) is -0.306. The summed E-state index contributed by atoms with van der Waals surface area (Å²) in [6.45, 7) is 0.300. The summed E-state index contributed by atoms with van der Waals surface area (Å²) < 4.78 is 38.3. The van der Waals surface area contributed by atoms with Gasteiger partial charge >= 0.3 is 0 Å². The van der Waals surface area contributed by atoms with E-state index >= 15 is 0 Å².